The van der Waals surface area contributed by atoms with Crippen molar-refractivity contribution in [2.45, 2.75) is 109 Å². The van der Waals surface area contributed by atoms with Gasteiger partial charge in [0.25, 0.3) is 0 Å². The lowest BCUT2D eigenvalue weighted by molar-refractivity contribution is -0.115. The van der Waals surface area contributed by atoms with Gasteiger partial charge in [0.2, 0.25) is 0 Å². The molecule has 3 fully saturated rings. The summed E-state index contributed by atoms with van der Waals surface area (Å²) < 4.78 is 5.45. The first-order valence-corrected chi connectivity index (χ1v) is 14.2. The lowest BCUT2D eigenvalue weighted by atomic mass is 9.61. The van der Waals surface area contributed by atoms with Crippen molar-refractivity contribution in [1.82, 2.24) is 0 Å². The molecule has 36 heavy (non-hydrogen) atoms. The molecule has 4 N–H and O–H groups in total. The Morgan fingerprint density at radius 1 is 1.08 bits per heavy atom. The molecule has 3 aliphatic rings. The third kappa shape index (κ3) is 6.79. The van der Waals surface area contributed by atoms with Gasteiger partial charge >= 0.3 is 0 Å². The summed E-state index contributed by atoms with van der Waals surface area (Å²) in [6.07, 6.45) is 19.2. The highest BCUT2D eigenvalue weighted by atomic mass is 16.5. The number of fused-ring (bicyclic) bond motifs is 1. The minimum Gasteiger partial charge on any atom is -0.394 e. The van der Waals surface area contributed by atoms with Crippen LogP contribution in [-0.4, -0.2) is 57.6 Å². The van der Waals surface area contributed by atoms with Gasteiger partial charge in [0.1, 0.15) is 6.10 Å². The van der Waals surface area contributed by atoms with Crippen LogP contribution in [0.1, 0.15) is 85.5 Å². The number of allylic oxidation sites excluding steroid dienone is 6. The number of aliphatic hydroxyl groups is 4. The second kappa shape index (κ2) is 13.0. The van der Waals surface area contributed by atoms with Gasteiger partial charge in [0, 0.05) is 0 Å². The molecule has 3 saturated carbocycles. The summed E-state index contributed by atoms with van der Waals surface area (Å²) in [4.78, 5) is 0. The lowest BCUT2D eigenvalue weighted by Gasteiger charge is -2.44. The zero-order chi connectivity index (χ0) is 26.3. The van der Waals surface area contributed by atoms with Crippen molar-refractivity contribution in [3.05, 3.63) is 47.6 Å². The van der Waals surface area contributed by atoms with Gasteiger partial charge in [-0.1, -0.05) is 75.3 Å². The molecule has 5 nitrogen and oxygen atoms in total. The summed E-state index contributed by atoms with van der Waals surface area (Å²) >= 11 is 0. The maximum Gasteiger partial charge on any atom is 0.110 e. The van der Waals surface area contributed by atoms with Crippen molar-refractivity contribution in [1.29, 1.82) is 0 Å². The highest BCUT2D eigenvalue weighted by Gasteiger charge is 2.50. The number of hydrogen-bond acceptors (Lipinski definition) is 5. The number of hydrogen-bond donors (Lipinski definition) is 4. The van der Waals surface area contributed by atoms with Crippen molar-refractivity contribution in [3.8, 4) is 0 Å². The molecule has 0 heterocycles. The molecule has 0 saturated heterocycles. The van der Waals surface area contributed by atoms with Gasteiger partial charge in [0.15, 0.2) is 0 Å². The maximum atomic E-state index is 10.5. The highest BCUT2D eigenvalue weighted by Crippen LogP contribution is 2.59. The van der Waals surface area contributed by atoms with Crippen molar-refractivity contribution >= 4 is 0 Å². The molecule has 0 spiro atoms. The van der Waals surface area contributed by atoms with Crippen LogP contribution < -0.4 is 0 Å². The molecule has 0 aromatic heterocycles. The Balaban J connectivity index is 1.66. The Morgan fingerprint density at radius 3 is 2.42 bits per heavy atom. The van der Waals surface area contributed by atoms with Crippen molar-refractivity contribution in [3.63, 3.8) is 0 Å². The zero-order valence-corrected chi connectivity index (χ0v) is 22.9. The average Bonchev–Trinajstić information content (AvgIpc) is 3.22. The van der Waals surface area contributed by atoms with E-state index in [9.17, 15) is 15.3 Å². The van der Waals surface area contributed by atoms with Gasteiger partial charge in [-0.2, -0.15) is 0 Å². The third-order valence-corrected chi connectivity index (χ3v) is 9.47. The van der Waals surface area contributed by atoms with Crippen LogP contribution in [0.15, 0.2) is 47.6 Å². The van der Waals surface area contributed by atoms with E-state index in [-0.39, 0.29) is 13.2 Å². The van der Waals surface area contributed by atoms with Gasteiger partial charge in [-0.25, -0.2) is 0 Å². The van der Waals surface area contributed by atoms with E-state index in [0.29, 0.717) is 36.0 Å². The van der Waals surface area contributed by atoms with Crippen LogP contribution in [0.2, 0.25) is 0 Å². The zero-order valence-electron chi connectivity index (χ0n) is 22.9. The van der Waals surface area contributed by atoms with E-state index >= 15 is 0 Å². The summed E-state index contributed by atoms with van der Waals surface area (Å²) in [5.74, 6) is 1.71. The molecule has 5 unspecified atom stereocenters. The maximum absolute atomic E-state index is 10.5. The topological polar surface area (TPSA) is 90.2 Å². The first-order chi connectivity index (χ1) is 17.2. The first-order valence-electron chi connectivity index (χ1n) is 14.2. The lowest BCUT2D eigenvalue weighted by Crippen LogP contribution is -2.44. The predicted octanol–water partition coefficient (Wildman–Crippen LogP) is 5.25. The second-order valence-corrected chi connectivity index (χ2v) is 11.7. The number of aliphatic hydroxyl groups excluding tert-OH is 3. The van der Waals surface area contributed by atoms with Crippen LogP contribution in [0.25, 0.3) is 0 Å². The predicted molar refractivity (Wildman–Crippen MR) is 145 cm³/mol. The number of ether oxygens (including phenoxy) is 1. The fourth-order valence-electron chi connectivity index (χ4n) is 7.12. The fourth-order valence-corrected chi connectivity index (χ4v) is 7.12. The van der Waals surface area contributed by atoms with E-state index in [1.165, 1.54) is 31.3 Å². The van der Waals surface area contributed by atoms with E-state index in [1.807, 2.05) is 26.0 Å². The van der Waals surface area contributed by atoms with Crippen LogP contribution >= 0.6 is 0 Å². The molecule has 5 heteroatoms. The van der Waals surface area contributed by atoms with Crippen LogP contribution in [0, 0.1) is 23.2 Å². The average molecular weight is 503 g/mol. The summed E-state index contributed by atoms with van der Waals surface area (Å²) in [5.41, 5.74) is 2.18. The van der Waals surface area contributed by atoms with E-state index in [0.717, 1.165) is 24.8 Å². The van der Waals surface area contributed by atoms with Crippen LogP contribution in [0.3, 0.4) is 0 Å². The molecule has 3 rings (SSSR count). The Hall–Kier alpha value is -1.24. The van der Waals surface area contributed by atoms with E-state index in [2.05, 4.69) is 38.2 Å². The molecule has 0 radical (unpaired) electrons. The smallest absolute Gasteiger partial charge is 0.110 e. The Morgan fingerprint density at radius 2 is 1.78 bits per heavy atom. The molecule has 0 amide bonds. The Kier molecular flexibility index (Phi) is 10.6. The quantitative estimate of drug-likeness (QED) is 0.307. The van der Waals surface area contributed by atoms with E-state index in [1.54, 1.807) is 0 Å². The summed E-state index contributed by atoms with van der Waals surface area (Å²) in [6.45, 7) is 8.89. The molecule has 7 atom stereocenters. The Bertz CT molecular complexity index is 809. The molecule has 0 aromatic carbocycles. The molecule has 0 aromatic rings. The first kappa shape index (κ1) is 29.3. The monoisotopic (exact) mass is 502 g/mol. The van der Waals surface area contributed by atoms with E-state index < -0.39 is 23.9 Å². The summed E-state index contributed by atoms with van der Waals surface area (Å²) in [5, 5.41) is 40.4. The minimum absolute atomic E-state index is 0.113. The standard InChI is InChI=1S/C31H50O5/c1-5-31(35,6-2)17-8-7-10-22(3)25-14-15-26-24(11-9-16-30(25,26)4)13-12-23-20-27(33)29(28(34)21-23)36-19-18-32/h7-8,10,12-13,17,22,25-29,32-35H,5-6,9,11,14-16,18-21H2,1-4H3/b10-7+,17-8+,23-12?,24-13+/t22-,25?,26?,27-,28?,29?,30?/m1/s1. The van der Waals surface area contributed by atoms with Gasteiger partial charge in [0.05, 0.1) is 31.0 Å². The van der Waals surface area contributed by atoms with Gasteiger partial charge in [-0.3, -0.25) is 0 Å². The Labute approximate surface area is 218 Å². The summed E-state index contributed by atoms with van der Waals surface area (Å²) in [6, 6.07) is 0. The summed E-state index contributed by atoms with van der Waals surface area (Å²) in [7, 11) is 0. The van der Waals surface area contributed by atoms with Crippen LogP contribution in [-0.2, 0) is 4.74 Å². The second-order valence-electron chi connectivity index (χ2n) is 11.7. The third-order valence-electron chi connectivity index (χ3n) is 9.47. The normalized spacial score (nSPS) is 36.8. The molecular weight excluding hydrogens is 452 g/mol. The molecule has 0 bridgehead atoms. The highest BCUT2D eigenvalue weighted by molar-refractivity contribution is 5.27. The van der Waals surface area contributed by atoms with E-state index in [4.69, 9.17) is 9.84 Å². The molecular formula is C31H50O5. The molecule has 204 valence electrons. The van der Waals surface area contributed by atoms with Crippen molar-refractivity contribution in [2.75, 3.05) is 13.2 Å². The van der Waals surface area contributed by atoms with Crippen molar-refractivity contribution in [2.24, 2.45) is 23.2 Å². The largest absolute Gasteiger partial charge is 0.394 e. The van der Waals surface area contributed by atoms with Crippen LogP contribution in [0.4, 0.5) is 0 Å². The SMILES string of the molecule is CCC(O)(/C=C/C=C/[C@@H](C)C1CCC2/C(=C/C=C3CC(O)C(OCCO)[C@H](O)C3)CCCC21C)CC. The van der Waals surface area contributed by atoms with Gasteiger partial charge in [-0.15, -0.1) is 0 Å². The van der Waals surface area contributed by atoms with Gasteiger partial charge in [-0.05, 0) is 81.0 Å². The number of rotatable bonds is 10. The molecule has 3 aliphatic carbocycles. The van der Waals surface area contributed by atoms with Crippen LogP contribution in [0.5, 0.6) is 0 Å². The molecule has 0 aliphatic heterocycles. The van der Waals surface area contributed by atoms with Crippen molar-refractivity contribution < 1.29 is 25.2 Å². The fraction of sp³-hybridized carbons (Fsp3) is 0.742. The van der Waals surface area contributed by atoms with Gasteiger partial charge < -0.3 is 25.2 Å². The minimum atomic E-state index is -0.746.